The summed E-state index contributed by atoms with van der Waals surface area (Å²) in [6.07, 6.45) is -2.62. The van der Waals surface area contributed by atoms with Gasteiger partial charge in [-0.25, -0.2) is 4.79 Å². The predicted octanol–water partition coefficient (Wildman–Crippen LogP) is 4.41. The maximum Gasteiger partial charge on any atom is 0.509 e. The first-order valence-corrected chi connectivity index (χ1v) is 7.54. The third kappa shape index (κ3) is 5.11. The van der Waals surface area contributed by atoms with E-state index in [0.29, 0.717) is 11.1 Å². The van der Waals surface area contributed by atoms with Crippen LogP contribution in [0.1, 0.15) is 44.1 Å². The monoisotopic (exact) mass is 314 g/mol. The lowest BCUT2D eigenvalue weighted by molar-refractivity contribution is -0.0617. The summed E-state index contributed by atoms with van der Waals surface area (Å²) in [5.74, 6) is 0. The van der Waals surface area contributed by atoms with Crippen molar-refractivity contribution in [1.29, 1.82) is 0 Å². The van der Waals surface area contributed by atoms with Gasteiger partial charge in [-0.1, -0.05) is 60.7 Å². The van der Waals surface area contributed by atoms with Crippen molar-refractivity contribution in [2.24, 2.45) is 0 Å². The molecule has 2 aromatic rings. The molecule has 0 bridgehead atoms. The summed E-state index contributed by atoms with van der Waals surface area (Å²) >= 11 is 0. The molecule has 0 aromatic heterocycles. The largest absolute Gasteiger partial charge is 0.509 e. The number of hydrogen-bond acceptors (Lipinski definition) is 4. The molecule has 4 heteroatoms. The number of aliphatic hydroxyl groups excluding tert-OH is 1. The molecule has 0 aliphatic carbocycles. The number of aliphatic hydroxyl groups is 1. The van der Waals surface area contributed by atoms with E-state index in [2.05, 4.69) is 0 Å². The van der Waals surface area contributed by atoms with Crippen LogP contribution >= 0.6 is 0 Å². The van der Waals surface area contributed by atoms with Gasteiger partial charge in [0.2, 0.25) is 0 Å². The lowest BCUT2D eigenvalue weighted by Gasteiger charge is -2.26. The molecule has 0 aliphatic heterocycles. The molecule has 1 N–H and O–H groups in total. The molecule has 0 unspecified atom stereocenters. The fourth-order valence-corrected chi connectivity index (χ4v) is 2.16. The molecule has 0 fully saturated rings. The van der Waals surface area contributed by atoms with Gasteiger partial charge < -0.3 is 14.6 Å². The summed E-state index contributed by atoms with van der Waals surface area (Å²) in [5, 5.41) is 10.6. The van der Waals surface area contributed by atoms with Gasteiger partial charge in [0.05, 0.1) is 0 Å². The zero-order valence-electron chi connectivity index (χ0n) is 13.6. The Morgan fingerprint density at radius 2 is 1.39 bits per heavy atom. The second kappa shape index (κ2) is 7.29. The molecule has 4 nitrogen and oxygen atoms in total. The summed E-state index contributed by atoms with van der Waals surface area (Å²) in [6, 6.07) is 18.2. The maximum absolute atomic E-state index is 12.0. The van der Waals surface area contributed by atoms with Crippen LogP contribution in [0.4, 0.5) is 4.79 Å². The molecule has 23 heavy (non-hydrogen) atoms. The summed E-state index contributed by atoms with van der Waals surface area (Å²) in [5.41, 5.74) is 0.718. The summed E-state index contributed by atoms with van der Waals surface area (Å²) in [4.78, 5) is 12.0. The molecule has 2 atom stereocenters. The van der Waals surface area contributed by atoms with Gasteiger partial charge in [-0.05, 0) is 31.9 Å². The third-order valence-electron chi connectivity index (χ3n) is 3.17. The normalized spacial score (nSPS) is 13.9. The zero-order chi connectivity index (χ0) is 16.9. The van der Waals surface area contributed by atoms with Gasteiger partial charge in [0, 0.05) is 0 Å². The Morgan fingerprint density at radius 3 is 1.87 bits per heavy atom. The van der Waals surface area contributed by atoms with Crippen molar-refractivity contribution in [3.63, 3.8) is 0 Å². The van der Waals surface area contributed by atoms with Crippen LogP contribution in [0.2, 0.25) is 0 Å². The SMILES string of the molecule is CC(C)(C)OC(=O)O[C@@H](c1ccccc1)[C@H](O)c1ccccc1. The molecular weight excluding hydrogens is 292 g/mol. The standard InChI is InChI=1S/C19H22O4/c1-19(2,3)23-18(21)22-17(15-12-8-5-9-13-15)16(20)14-10-6-4-7-11-14/h4-13,16-17,20H,1-3H3/t16-,17+/m1/s1. The van der Waals surface area contributed by atoms with E-state index in [4.69, 9.17) is 9.47 Å². The Bertz CT molecular complexity index is 617. The van der Waals surface area contributed by atoms with Gasteiger partial charge in [-0.3, -0.25) is 0 Å². The smallest absolute Gasteiger partial charge is 0.429 e. The minimum atomic E-state index is -0.980. The lowest BCUT2D eigenvalue weighted by atomic mass is 9.98. The highest BCUT2D eigenvalue weighted by molar-refractivity contribution is 5.61. The number of carbonyl (C=O) groups excluding carboxylic acids is 1. The average Bonchev–Trinajstić information content (AvgIpc) is 2.52. The van der Waals surface area contributed by atoms with Crippen molar-refractivity contribution in [3.05, 3.63) is 71.8 Å². The Balaban J connectivity index is 2.24. The number of hydrogen-bond donors (Lipinski definition) is 1. The van der Waals surface area contributed by atoms with Crippen LogP contribution in [-0.2, 0) is 9.47 Å². The van der Waals surface area contributed by atoms with Gasteiger partial charge in [0.15, 0.2) is 6.10 Å². The molecule has 122 valence electrons. The lowest BCUT2D eigenvalue weighted by Crippen LogP contribution is -2.27. The minimum absolute atomic E-state index is 0.657. The quantitative estimate of drug-likeness (QED) is 0.849. The molecule has 2 aromatic carbocycles. The molecule has 0 saturated heterocycles. The molecule has 0 saturated carbocycles. The highest BCUT2D eigenvalue weighted by Gasteiger charge is 2.29. The van der Waals surface area contributed by atoms with Crippen molar-refractivity contribution in [2.75, 3.05) is 0 Å². The molecule has 0 spiro atoms. The van der Waals surface area contributed by atoms with Gasteiger partial charge >= 0.3 is 6.16 Å². The van der Waals surface area contributed by atoms with Crippen LogP contribution in [0.15, 0.2) is 60.7 Å². The Kier molecular flexibility index (Phi) is 5.40. The first-order valence-electron chi connectivity index (χ1n) is 7.54. The molecule has 0 aliphatic rings. The number of ether oxygens (including phenoxy) is 2. The number of carbonyl (C=O) groups is 1. The van der Waals surface area contributed by atoms with E-state index in [9.17, 15) is 9.90 Å². The van der Waals surface area contributed by atoms with Gasteiger partial charge in [0.1, 0.15) is 11.7 Å². The van der Waals surface area contributed by atoms with Crippen LogP contribution < -0.4 is 0 Å². The topological polar surface area (TPSA) is 55.8 Å². The first-order chi connectivity index (χ1) is 10.9. The van der Waals surface area contributed by atoms with Crippen molar-refractivity contribution >= 4 is 6.16 Å². The molecule has 0 radical (unpaired) electrons. The second-order valence-corrected chi connectivity index (χ2v) is 6.27. The van der Waals surface area contributed by atoms with Crippen LogP contribution in [0.3, 0.4) is 0 Å². The average molecular weight is 314 g/mol. The van der Waals surface area contributed by atoms with E-state index >= 15 is 0 Å². The van der Waals surface area contributed by atoms with E-state index in [-0.39, 0.29) is 0 Å². The number of rotatable bonds is 4. The van der Waals surface area contributed by atoms with Crippen LogP contribution in [0.5, 0.6) is 0 Å². The van der Waals surface area contributed by atoms with Crippen molar-refractivity contribution in [2.45, 2.75) is 38.6 Å². The Hall–Kier alpha value is -2.33. The molecule has 0 heterocycles. The Labute approximate surface area is 136 Å². The molecule has 0 amide bonds. The van der Waals surface area contributed by atoms with Crippen molar-refractivity contribution in [1.82, 2.24) is 0 Å². The van der Waals surface area contributed by atoms with E-state index in [1.165, 1.54) is 0 Å². The fraction of sp³-hybridized carbons (Fsp3) is 0.316. The van der Waals surface area contributed by atoms with Crippen LogP contribution in [0.25, 0.3) is 0 Å². The minimum Gasteiger partial charge on any atom is -0.429 e. The van der Waals surface area contributed by atoms with Gasteiger partial charge in [0.25, 0.3) is 0 Å². The van der Waals surface area contributed by atoms with E-state index in [1.54, 1.807) is 45.0 Å². The fourth-order valence-electron chi connectivity index (χ4n) is 2.16. The van der Waals surface area contributed by atoms with Gasteiger partial charge in [-0.15, -0.1) is 0 Å². The predicted molar refractivity (Wildman–Crippen MR) is 87.9 cm³/mol. The van der Waals surface area contributed by atoms with Crippen LogP contribution in [-0.4, -0.2) is 16.9 Å². The van der Waals surface area contributed by atoms with E-state index in [0.717, 1.165) is 0 Å². The zero-order valence-corrected chi connectivity index (χ0v) is 13.6. The number of benzene rings is 2. The van der Waals surface area contributed by atoms with Crippen LogP contribution in [0, 0.1) is 0 Å². The third-order valence-corrected chi connectivity index (χ3v) is 3.17. The summed E-state index contributed by atoms with van der Waals surface area (Å²) in [6.45, 7) is 5.29. The summed E-state index contributed by atoms with van der Waals surface area (Å²) in [7, 11) is 0. The van der Waals surface area contributed by atoms with Crippen molar-refractivity contribution < 1.29 is 19.4 Å². The summed E-state index contributed by atoms with van der Waals surface area (Å²) < 4.78 is 10.6. The second-order valence-electron chi connectivity index (χ2n) is 6.27. The maximum atomic E-state index is 12.0. The molecular formula is C19H22O4. The van der Waals surface area contributed by atoms with E-state index < -0.39 is 24.0 Å². The van der Waals surface area contributed by atoms with E-state index in [1.807, 2.05) is 36.4 Å². The first kappa shape index (κ1) is 17.0. The Morgan fingerprint density at radius 1 is 0.913 bits per heavy atom. The molecule has 2 rings (SSSR count). The highest BCUT2D eigenvalue weighted by atomic mass is 16.7. The van der Waals surface area contributed by atoms with Gasteiger partial charge in [-0.2, -0.15) is 0 Å². The highest BCUT2D eigenvalue weighted by Crippen LogP contribution is 2.32. The van der Waals surface area contributed by atoms with Crippen molar-refractivity contribution in [3.8, 4) is 0 Å².